The number of pyridine rings is 1. The van der Waals surface area contributed by atoms with Crippen LogP contribution in [0.15, 0.2) is 53.3 Å². The van der Waals surface area contributed by atoms with Gasteiger partial charge in [0, 0.05) is 11.6 Å². The maximum Gasteiger partial charge on any atom is 0.196 e. The van der Waals surface area contributed by atoms with Gasteiger partial charge in [-0.15, -0.1) is 0 Å². The highest BCUT2D eigenvalue weighted by Gasteiger charge is 2.13. The number of hydrogen-bond donors (Lipinski definition) is 1. The second-order valence-electron chi connectivity index (χ2n) is 4.78. The predicted molar refractivity (Wildman–Crippen MR) is 80.8 cm³/mol. The van der Waals surface area contributed by atoms with Crippen LogP contribution in [-0.2, 0) is 6.54 Å². The highest BCUT2D eigenvalue weighted by atomic mass is 19.1. The van der Waals surface area contributed by atoms with E-state index in [1.807, 2.05) is 24.3 Å². The molecular formula is C16H11FN4O. The molecular weight excluding hydrogens is 283 g/mol. The fourth-order valence-corrected chi connectivity index (χ4v) is 2.37. The maximum absolute atomic E-state index is 13.6. The van der Waals surface area contributed by atoms with Crippen LogP contribution < -0.4 is 5.32 Å². The highest BCUT2D eigenvalue weighted by molar-refractivity contribution is 6.05. The zero-order valence-corrected chi connectivity index (χ0v) is 11.5. The number of halogens is 1. The summed E-state index contributed by atoms with van der Waals surface area (Å²) in [6.45, 7) is 0.218. The van der Waals surface area contributed by atoms with Crippen LogP contribution in [0.3, 0.4) is 0 Å². The van der Waals surface area contributed by atoms with Crippen molar-refractivity contribution in [3.63, 3.8) is 0 Å². The van der Waals surface area contributed by atoms with Crippen molar-refractivity contribution in [1.82, 2.24) is 15.0 Å². The van der Waals surface area contributed by atoms with E-state index >= 15 is 0 Å². The third-order valence-corrected chi connectivity index (χ3v) is 3.42. The third-order valence-electron chi connectivity index (χ3n) is 3.42. The first-order valence-electron chi connectivity index (χ1n) is 6.78. The van der Waals surface area contributed by atoms with E-state index in [4.69, 9.17) is 4.42 Å². The number of nitrogens with zero attached hydrogens (tertiary/aromatic N) is 3. The molecule has 0 radical (unpaired) electrons. The van der Waals surface area contributed by atoms with E-state index in [0.29, 0.717) is 17.1 Å². The first kappa shape index (κ1) is 12.7. The lowest BCUT2D eigenvalue weighted by Crippen LogP contribution is -2.05. The molecule has 22 heavy (non-hydrogen) atoms. The molecule has 4 aromatic rings. The molecule has 0 atom stereocenters. The van der Waals surface area contributed by atoms with E-state index in [0.717, 1.165) is 16.5 Å². The topological polar surface area (TPSA) is 63.8 Å². The molecule has 3 heterocycles. The number of furan rings is 1. The average molecular weight is 294 g/mol. The summed E-state index contributed by atoms with van der Waals surface area (Å²) >= 11 is 0. The molecule has 0 spiro atoms. The molecule has 1 aromatic carbocycles. The van der Waals surface area contributed by atoms with Crippen molar-refractivity contribution in [2.24, 2.45) is 0 Å². The molecule has 1 N–H and O–H groups in total. The lowest BCUT2D eigenvalue weighted by molar-refractivity contribution is 0.602. The Morgan fingerprint density at radius 2 is 1.95 bits per heavy atom. The van der Waals surface area contributed by atoms with Gasteiger partial charge in [-0.25, -0.2) is 14.4 Å². The molecule has 0 aliphatic rings. The Kier molecular flexibility index (Phi) is 2.93. The fourth-order valence-electron chi connectivity index (χ4n) is 2.37. The first-order valence-corrected chi connectivity index (χ1v) is 6.78. The molecule has 108 valence electrons. The normalized spacial score (nSPS) is 11.1. The van der Waals surface area contributed by atoms with E-state index in [-0.39, 0.29) is 12.4 Å². The zero-order valence-electron chi connectivity index (χ0n) is 11.5. The minimum Gasteiger partial charge on any atom is -0.450 e. The summed E-state index contributed by atoms with van der Waals surface area (Å²) in [5.74, 6) is 0.163. The van der Waals surface area contributed by atoms with Gasteiger partial charge in [0.2, 0.25) is 0 Å². The lowest BCUT2D eigenvalue weighted by atomic mass is 10.2. The summed E-state index contributed by atoms with van der Waals surface area (Å²) in [5, 5.41) is 3.98. The first-order chi connectivity index (χ1) is 10.8. The van der Waals surface area contributed by atoms with Gasteiger partial charge in [0.15, 0.2) is 11.4 Å². The molecule has 0 amide bonds. The number of hydrogen-bond acceptors (Lipinski definition) is 5. The van der Waals surface area contributed by atoms with E-state index in [1.165, 1.54) is 12.4 Å². The maximum atomic E-state index is 13.6. The van der Waals surface area contributed by atoms with Crippen LogP contribution in [0, 0.1) is 5.82 Å². The summed E-state index contributed by atoms with van der Waals surface area (Å²) in [7, 11) is 0. The Labute approximate surface area is 124 Å². The molecule has 5 nitrogen and oxygen atoms in total. The molecule has 0 unspecified atom stereocenters. The smallest absolute Gasteiger partial charge is 0.196 e. The number of rotatable bonds is 3. The minimum absolute atomic E-state index is 0.218. The Hall–Kier alpha value is -3.02. The van der Waals surface area contributed by atoms with Crippen LogP contribution in [0.2, 0.25) is 0 Å². The predicted octanol–water partition coefficient (Wildman–Crippen LogP) is 3.52. The molecule has 4 rings (SSSR count). The number of benzene rings is 1. The number of aromatic nitrogens is 3. The molecule has 0 bridgehead atoms. The Morgan fingerprint density at radius 3 is 2.86 bits per heavy atom. The van der Waals surface area contributed by atoms with Gasteiger partial charge in [-0.1, -0.05) is 12.1 Å². The molecule has 0 fully saturated rings. The second-order valence-corrected chi connectivity index (χ2v) is 4.78. The van der Waals surface area contributed by atoms with E-state index in [1.54, 1.807) is 12.3 Å². The lowest BCUT2D eigenvalue weighted by Gasteiger charge is -2.05. The van der Waals surface area contributed by atoms with Crippen molar-refractivity contribution in [2.75, 3.05) is 5.32 Å². The van der Waals surface area contributed by atoms with Gasteiger partial charge in [0.25, 0.3) is 0 Å². The monoisotopic (exact) mass is 294 g/mol. The van der Waals surface area contributed by atoms with Crippen molar-refractivity contribution in [3.8, 4) is 0 Å². The molecule has 0 aliphatic carbocycles. The highest BCUT2D eigenvalue weighted by Crippen LogP contribution is 2.30. The van der Waals surface area contributed by atoms with Gasteiger partial charge < -0.3 is 9.73 Å². The average Bonchev–Trinajstić information content (AvgIpc) is 2.93. The number of para-hydroxylation sites is 1. The van der Waals surface area contributed by atoms with Crippen molar-refractivity contribution < 1.29 is 8.81 Å². The number of anilines is 1. The summed E-state index contributed by atoms with van der Waals surface area (Å²) in [5.41, 5.74) is 2.35. The summed E-state index contributed by atoms with van der Waals surface area (Å²) in [6, 6.07) is 10.6. The van der Waals surface area contributed by atoms with E-state index < -0.39 is 0 Å². The van der Waals surface area contributed by atoms with Crippen LogP contribution in [0.5, 0.6) is 0 Å². The fraction of sp³-hybridized carbons (Fsp3) is 0.0625. The molecule has 6 heteroatoms. The van der Waals surface area contributed by atoms with E-state index in [2.05, 4.69) is 20.3 Å². The minimum atomic E-state index is -0.357. The molecule has 0 saturated carbocycles. The van der Waals surface area contributed by atoms with Crippen LogP contribution >= 0.6 is 0 Å². The quantitative estimate of drug-likeness (QED) is 0.626. The van der Waals surface area contributed by atoms with Crippen molar-refractivity contribution in [3.05, 3.63) is 60.4 Å². The van der Waals surface area contributed by atoms with Gasteiger partial charge in [0.05, 0.1) is 12.2 Å². The largest absolute Gasteiger partial charge is 0.450 e. The van der Waals surface area contributed by atoms with Crippen LogP contribution in [0.25, 0.3) is 22.1 Å². The Balaban J connectivity index is 1.74. The van der Waals surface area contributed by atoms with E-state index in [9.17, 15) is 4.39 Å². The van der Waals surface area contributed by atoms with Crippen molar-refractivity contribution in [2.45, 2.75) is 6.54 Å². The van der Waals surface area contributed by atoms with Crippen LogP contribution in [0.1, 0.15) is 5.69 Å². The third kappa shape index (κ3) is 2.05. The van der Waals surface area contributed by atoms with Gasteiger partial charge >= 0.3 is 0 Å². The summed E-state index contributed by atoms with van der Waals surface area (Å²) in [6.07, 6.45) is 3.01. The summed E-state index contributed by atoms with van der Waals surface area (Å²) < 4.78 is 19.4. The van der Waals surface area contributed by atoms with Crippen LogP contribution in [0.4, 0.5) is 10.2 Å². The van der Waals surface area contributed by atoms with Gasteiger partial charge in [-0.3, -0.25) is 4.98 Å². The van der Waals surface area contributed by atoms with Gasteiger partial charge in [-0.2, -0.15) is 0 Å². The number of fused-ring (bicyclic) bond motifs is 3. The zero-order chi connectivity index (χ0) is 14.9. The molecule has 0 saturated heterocycles. The Bertz CT molecular complexity index is 967. The Morgan fingerprint density at radius 1 is 1.05 bits per heavy atom. The van der Waals surface area contributed by atoms with Crippen LogP contribution in [-0.4, -0.2) is 15.0 Å². The number of nitrogens with one attached hydrogen (secondary N) is 1. The SMILES string of the molecule is Fc1cccnc1CNc1ncnc2c1oc1ccccc12. The van der Waals surface area contributed by atoms with Gasteiger partial charge in [-0.05, 0) is 24.3 Å². The molecule has 0 aliphatic heterocycles. The second kappa shape index (κ2) is 5.07. The van der Waals surface area contributed by atoms with Crippen molar-refractivity contribution in [1.29, 1.82) is 0 Å². The van der Waals surface area contributed by atoms with Gasteiger partial charge in [0.1, 0.15) is 23.2 Å². The summed E-state index contributed by atoms with van der Waals surface area (Å²) in [4.78, 5) is 12.5. The van der Waals surface area contributed by atoms with Crippen molar-refractivity contribution >= 4 is 27.9 Å². The molecule has 3 aromatic heterocycles. The standard InChI is InChI=1S/C16H11FN4O/c17-11-5-3-7-18-12(11)8-19-16-15-14(20-9-21-16)10-4-1-2-6-13(10)22-15/h1-7,9H,8H2,(H,19,20,21).